The quantitative estimate of drug-likeness (QED) is 0.830. The van der Waals surface area contributed by atoms with E-state index in [-0.39, 0.29) is 17.9 Å². The van der Waals surface area contributed by atoms with E-state index in [1.165, 1.54) is 0 Å². The summed E-state index contributed by atoms with van der Waals surface area (Å²) in [6.07, 6.45) is 0.592. The Hall–Kier alpha value is -1.44. The van der Waals surface area contributed by atoms with Crippen LogP contribution in [0, 0.1) is 0 Å². The van der Waals surface area contributed by atoms with E-state index in [4.69, 9.17) is 0 Å². The summed E-state index contributed by atoms with van der Waals surface area (Å²) < 4.78 is 0. The van der Waals surface area contributed by atoms with Crippen molar-refractivity contribution in [3.63, 3.8) is 0 Å². The highest BCUT2D eigenvalue weighted by Gasteiger charge is 2.32. The first kappa shape index (κ1) is 15.5. The summed E-state index contributed by atoms with van der Waals surface area (Å²) in [5, 5.41) is 14.9. The molecule has 22 heavy (non-hydrogen) atoms. The standard InChI is InChI=1S/C15H21N3O3S/c19-12(13-2-1-9-22-13)10-17-5-7-18(8-6-17)15(21)11-3-4-14(20)16-11/h1-2,9,11-12,19H,3-8,10H2,(H,16,20). The summed E-state index contributed by atoms with van der Waals surface area (Å²) >= 11 is 1.56. The van der Waals surface area contributed by atoms with Gasteiger partial charge in [0.2, 0.25) is 11.8 Å². The van der Waals surface area contributed by atoms with Crippen molar-refractivity contribution in [1.82, 2.24) is 15.1 Å². The summed E-state index contributed by atoms with van der Waals surface area (Å²) in [6, 6.07) is 3.55. The van der Waals surface area contributed by atoms with Gasteiger partial charge >= 0.3 is 0 Å². The normalized spacial score (nSPS) is 24.3. The molecule has 2 saturated heterocycles. The number of carbonyl (C=O) groups is 2. The van der Waals surface area contributed by atoms with E-state index in [1.54, 1.807) is 11.3 Å². The summed E-state index contributed by atoms with van der Waals surface area (Å²) in [7, 11) is 0. The van der Waals surface area contributed by atoms with Gasteiger partial charge in [0.1, 0.15) is 12.1 Å². The molecule has 120 valence electrons. The van der Waals surface area contributed by atoms with Gasteiger partial charge in [0.15, 0.2) is 0 Å². The van der Waals surface area contributed by atoms with E-state index < -0.39 is 6.10 Å². The van der Waals surface area contributed by atoms with Gasteiger partial charge in [-0.1, -0.05) is 6.07 Å². The minimum atomic E-state index is -0.462. The maximum atomic E-state index is 12.3. The zero-order chi connectivity index (χ0) is 15.5. The molecule has 0 spiro atoms. The lowest BCUT2D eigenvalue weighted by Gasteiger charge is -2.36. The highest BCUT2D eigenvalue weighted by Crippen LogP contribution is 2.20. The molecule has 0 aliphatic carbocycles. The molecule has 2 amide bonds. The number of nitrogens with one attached hydrogen (secondary N) is 1. The highest BCUT2D eigenvalue weighted by atomic mass is 32.1. The molecule has 2 fully saturated rings. The van der Waals surface area contributed by atoms with Gasteiger partial charge in [-0.25, -0.2) is 0 Å². The summed E-state index contributed by atoms with van der Waals surface area (Å²) in [4.78, 5) is 28.5. The van der Waals surface area contributed by atoms with Gasteiger partial charge in [-0.15, -0.1) is 11.3 Å². The first-order valence-corrected chi connectivity index (χ1v) is 8.53. The van der Waals surface area contributed by atoms with Crippen LogP contribution in [-0.4, -0.2) is 65.5 Å². The van der Waals surface area contributed by atoms with Crippen molar-refractivity contribution in [1.29, 1.82) is 0 Å². The third-order valence-electron chi connectivity index (χ3n) is 4.28. The molecule has 1 aromatic rings. The molecule has 2 atom stereocenters. The van der Waals surface area contributed by atoms with Crippen molar-refractivity contribution in [3.05, 3.63) is 22.4 Å². The zero-order valence-electron chi connectivity index (χ0n) is 12.4. The molecule has 0 radical (unpaired) electrons. The SMILES string of the molecule is O=C1CCC(C(=O)N2CCN(CC(O)c3cccs3)CC2)N1. The van der Waals surface area contributed by atoms with Crippen LogP contribution in [0.3, 0.4) is 0 Å². The zero-order valence-corrected chi connectivity index (χ0v) is 13.2. The number of thiophene rings is 1. The average molecular weight is 323 g/mol. The lowest BCUT2D eigenvalue weighted by molar-refractivity contribution is -0.136. The number of β-amino-alcohol motifs (C(OH)–C–C–N with tert-alkyl or cyclic N) is 1. The first-order chi connectivity index (χ1) is 10.6. The van der Waals surface area contributed by atoms with Gasteiger partial charge in [0.25, 0.3) is 0 Å². The van der Waals surface area contributed by atoms with Crippen LogP contribution in [0.1, 0.15) is 23.8 Å². The smallest absolute Gasteiger partial charge is 0.245 e. The number of amides is 2. The summed E-state index contributed by atoms with van der Waals surface area (Å²) in [5.41, 5.74) is 0. The number of aliphatic hydroxyl groups is 1. The second kappa shape index (κ2) is 6.76. The summed E-state index contributed by atoms with van der Waals surface area (Å²) in [5.74, 6) is 0.000335. The molecule has 3 rings (SSSR count). The van der Waals surface area contributed by atoms with Gasteiger partial charge in [-0.3, -0.25) is 14.5 Å². The molecule has 2 aliphatic heterocycles. The van der Waals surface area contributed by atoms with Gasteiger partial charge in [-0.05, 0) is 17.9 Å². The van der Waals surface area contributed by atoms with Gasteiger partial charge < -0.3 is 15.3 Å². The molecular formula is C15H21N3O3S. The van der Waals surface area contributed by atoms with Crippen LogP contribution in [0.15, 0.2) is 17.5 Å². The van der Waals surface area contributed by atoms with Crippen molar-refractivity contribution in [3.8, 4) is 0 Å². The van der Waals surface area contributed by atoms with Crippen LogP contribution < -0.4 is 5.32 Å². The number of piperazine rings is 1. The van der Waals surface area contributed by atoms with E-state index in [0.717, 1.165) is 18.0 Å². The fourth-order valence-corrected chi connectivity index (χ4v) is 3.69. The number of hydrogen-bond acceptors (Lipinski definition) is 5. The topological polar surface area (TPSA) is 72.9 Å². The van der Waals surface area contributed by atoms with Gasteiger partial charge in [0.05, 0.1) is 0 Å². The molecule has 2 N–H and O–H groups in total. The van der Waals surface area contributed by atoms with Crippen molar-refractivity contribution in [2.75, 3.05) is 32.7 Å². The number of aliphatic hydroxyl groups excluding tert-OH is 1. The Bertz CT molecular complexity index is 526. The van der Waals surface area contributed by atoms with E-state index in [1.807, 2.05) is 22.4 Å². The minimum Gasteiger partial charge on any atom is -0.386 e. The molecule has 6 nitrogen and oxygen atoms in total. The van der Waals surface area contributed by atoms with E-state index >= 15 is 0 Å². The fourth-order valence-electron chi connectivity index (χ4n) is 2.99. The maximum Gasteiger partial charge on any atom is 0.245 e. The minimum absolute atomic E-state index is 0.0314. The Labute approximate surface area is 133 Å². The molecule has 0 bridgehead atoms. The largest absolute Gasteiger partial charge is 0.386 e. The van der Waals surface area contributed by atoms with Crippen molar-refractivity contribution >= 4 is 23.2 Å². The third kappa shape index (κ3) is 3.48. The Morgan fingerprint density at radius 2 is 2.18 bits per heavy atom. The highest BCUT2D eigenvalue weighted by molar-refractivity contribution is 7.10. The molecule has 2 aliphatic rings. The number of rotatable bonds is 4. The Morgan fingerprint density at radius 1 is 1.41 bits per heavy atom. The molecule has 0 saturated carbocycles. The third-order valence-corrected chi connectivity index (χ3v) is 5.25. The van der Waals surface area contributed by atoms with Crippen molar-refractivity contribution in [2.45, 2.75) is 25.0 Å². The number of carbonyl (C=O) groups excluding carboxylic acids is 2. The monoisotopic (exact) mass is 323 g/mol. The maximum absolute atomic E-state index is 12.3. The van der Waals surface area contributed by atoms with Gasteiger partial charge in [0, 0.05) is 44.0 Å². The Morgan fingerprint density at radius 3 is 2.77 bits per heavy atom. The average Bonchev–Trinajstić information content (AvgIpc) is 3.18. The van der Waals surface area contributed by atoms with E-state index in [2.05, 4.69) is 10.2 Å². The Balaban J connectivity index is 1.46. The summed E-state index contributed by atoms with van der Waals surface area (Å²) in [6.45, 7) is 3.43. The Kier molecular flexibility index (Phi) is 4.75. The molecule has 7 heteroatoms. The molecule has 0 aromatic carbocycles. The lowest BCUT2D eigenvalue weighted by atomic mass is 10.1. The van der Waals surface area contributed by atoms with Crippen LogP contribution in [0.4, 0.5) is 0 Å². The second-order valence-corrected chi connectivity index (χ2v) is 6.80. The van der Waals surface area contributed by atoms with Crippen molar-refractivity contribution < 1.29 is 14.7 Å². The van der Waals surface area contributed by atoms with E-state index in [0.29, 0.717) is 32.5 Å². The molecule has 3 heterocycles. The predicted octanol–water partition coefficient (Wildman–Crippen LogP) is 0.204. The van der Waals surface area contributed by atoms with Crippen LogP contribution in [0.2, 0.25) is 0 Å². The lowest BCUT2D eigenvalue weighted by Crippen LogP contribution is -2.53. The molecule has 1 aromatic heterocycles. The number of nitrogens with zero attached hydrogens (tertiary/aromatic N) is 2. The van der Waals surface area contributed by atoms with Crippen LogP contribution in [0.5, 0.6) is 0 Å². The molecular weight excluding hydrogens is 302 g/mol. The van der Waals surface area contributed by atoms with E-state index in [9.17, 15) is 14.7 Å². The second-order valence-electron chi connectivity index (χ2n) is 5.82. The first-order valence-electron chi connectivity index (χ1n) is 7.65. The van der Waals surface area contributed by atoms with Crippen molar-refractivity contribution in [2.24, 2.45) is 0 Å². The predicted molar refractivity (Wildman–Crippen MR) is 83.5 cm³/mol. The van der Waals surface area contributed by atoms with Gasteiger partial charge in [-0.2, -0.15) is 0 Å². The molecule has 2 unspecified atom stereocenters. The van der Waals surface area contributed by atoms with Crippen LogP contribution in [-0.2, 0) is 9.59 Å². The number of hydrogen-bond donors (Lipinski definition) is 2. The fraction of sp³-hybridized carbons (Fsp3) is 0.600. The van der Waals surface area contributed by atoms with Crippen LogP contribution in [0.25, 0.3) is 0 Å². The van der Waals surface area contributed by atoms with Crippen LogP contribution >= 0.6 is 11.3 Å².